The van der Waals surface area contributed by atoms with Gasteiger partial charge in [-0.3, -0.25) is 4.79 Å². The van der Waals surface area contributed by atoms with Crippen LogP contribution in [0.15, 0.2) is 24.3 Å². The van der Waals surface area contributed by atoms with Gasteiger partial charge in [-0.1, -0.05) is 12.1 Å². The number of ether oxygens (including phenoxy) is 1. The second-order valence-electron chi connectivity index (χ2n) is 4.64. The fourth-order valence-electron chi connectivity index (χ4n) is 2.36. The third-order valence-corrected chi connectivity index (χ3v) is 3.38. The molecule has 108 valence electrons. The Balaban J connectivity index is 2.01. The summed E-state index contributed by atoms with van der Waals surface area (Å²) >= 11 is 0. The minimum atomic E-state index is -0.490. The van der Waals surface area contributed by atoms with Crippen LogP contribution >= 0.6 is 0 Å². The van der Waals surface area contributed by atoms with Gasteiger partial charge in [-0.15, -0.1) is 0 Å². The number of nitrogens with zero attached hydrogens (tertiary/aromatic N) is 1. The van der Waals surface area contributed by atoms with Gasteiger partial charge in [-0.05, 0) is 30.5 Å². The normalized spacial score (nSPS) is 17.9. The van der Waals surface area contributed by atoms with E-state index in [9.17, 15) is 14.0 Å². The monoisotopic (exact) mass is 280 g/mol. The molecular formula is C14H17FN2O3. The standard InChI is InChI=1S/C14H17FN2O3/c1-20-13(18)9-16-14(19)17-8-2-3-12(17)10-4-6-11(15)7-5-10/h4-7,12H,2-3,8-9H2,1H3,(H,16,19)/t12-/m1/s1. The van der Waals surface area contributed by atoms with Crippen molar-refractivity contribution < 1.29 is 18.7 Å². The average molecular weight is 280 g/mol. The molecule has 20 heavy (non-hydrogen) atoms. The molecule has 0 aliphatic carbocycles. The number of nitrogens with one attached hydrogen (secondary N) is 1. The molecule has 1 aromatic carbocycles. The van der Waals surface area contributed by atoms with Crippen molar-refractivity contribution in [3.8, 4) is 0 Å². The van der Waals surface area contributed by atoms with Crippen LogP contribution in [0.25, 0.3) is 0 Å². The van der Waals surface area contributed by atoms with E-state index in [1.54, 1.807) is 17.0 Å². The fourth-order valence-corrected chi connectivity index (χ4v) is 2.36. The molecule has 1 fully saturated rings. The molecule has 1 aliphatic rings. The Morgan fingerprint density at radius 3 is 2.75 bits per heavy atom. The van der Waals surface area contributed by atoms with Gasteiger partial charge in [0.05, 0.1) is 13.2 Å². The van der Waals surface area contributed by atoms with Gasteiger partial charge >= 0.3 is 12.0 Å². The van der Waals surface area contributed by atoms with Crippen LogP contribution in [0.1, 0.15) is 24.4 Å². The molecule has 5 nitrogen and oxygen atoms in total. The molecule has 0 bridgehead atoms. The molecule has 6 heteroatoms. The first-order valence-corrected chi connectivity index (χ1v) is 6.48. The molecule has 0 spiro atoms. The van der Waals surface area contributed by atoms with Gasteiger partial charge < -0.3 is 15.0 Å². The highest BCUT2D eigenvalue weighted by atomic mass is 19.1. The lowest BCUT2D eigenvalue weighted by atomic mass is 10.0. The molecule has 1 heterocycles. The molecule has 1 atom stereocenters. The van der Waals surface area contributed by atoms with Crippen molar-refractivity contribution >= 4 is 12.0 Å². The first-order valence-electron chi connectivity index (χ1n) is 6.48. The average Bonchev–Trinajstić information content (AvgIpc) is 2.94. The summed E-state index contributed by atoms with van der Waals surface area (Å²) in [5.74, 6) is -0.788. The highest BCUT2D eigenvalue weighted by Crippen LogP contribution is 2.31. The number of carbonyl (C=O) groups excluding carboxylic acids is 2. The summed E-state index contributed by atoms with van der Waals surface area (Å²) < 4.78 is 17.4. The molecule has 1 aromatic rings. The predicted molar refractivity (Wildman–Crippen MR) is 70.5 cm³/mol. The minimum Gasteiger partial charge on any atom is -0.468 e. The number of hydrogen-bond acceptors (Lipinski definition) is 3. The summed E-state index contributed by atoms with van der Waals surface area (Å²) in [7, 11) is 1.27. The summed E-state index contributed by atoms with van der Waals surface area (Å²) in [6, 6.07) is 5.77. The topological polar surface area (TPSA) is 58.6 Å². The van der Waals surface area contributed by atoms with Crippen LogP contribution in [0.2, 0.25) is 0 Å². The van der Waals surface area contributed by atoms with Gasteiger partial charge in [0.2, 0.25) is 0 Å². The molecule has 0 saturated carbocycles. The zero-order valence-electron chi connectivity index (χ0n) is 11.3. The number of methoxy groups -OCH3 is 1. The number of esters is 1. The highest BCUT2D eigenvalue weighted by Gasteiger charge is 2.30. The van der Waals surface area contributed by atoms with E-state index in [1.807, 2.05) is 0 Å². The van der Waals surface area contributed by atoms with Crippen LogP contribution in [-0.2, 0) is 9.53 Å². The van der Waals surface area contributed by atoms with Crippen LogP contribution < -0.4 is 5.32 Å². The fraction of sp³-hybridized carbons (Fsp3) is 0.429. The SMILES string of the molecule is COC(=O)CNC(=O)N1CCC[C@@H]1c1ccc(F)cc1. The number of benzene rings is 1. The van der Waals surface area contributed by atoms with Gasteiger partial charge in [-0.2, -0.15) is 0 Å². The summed E-state index contributed by atoms with van der Waals surface area (Å²) in [6.07, 6.45) is 1.71. The van der Waals surface area contributed by atoms with Crippen LogP contribution in [0.4, 0.5) is 9.18 Å². The minimum absolute atomic E-state index is 0.0757. The Morgan fingerprint density at radius 1 is 1.40 bits per heavy atom. The Hall–Kier alpha value is -2.11. The van der Waals surface area contributed by atoms with E-state index in [-0.39, 0.29) is 24.4 Å². The van der Waals surface area contributed by atoms with Gasteiger partial charge in [0.25, 0.3) is 0 Å². The number of halogens is 1. The van der Waals surface area contributed by atoms with E-state index in [0.29, 0.717) is 6.54 Å². The maximum absolute atomic E-state index is 12.9. The van der Waals surface area contributed by atoms with E-state index < -0.39 is 5.97 Å². The maximum atomic E-state index is 12.9. The molecule has 0 unspecified atom stereocenters. The molecule has 0 radical (unpaired) electrons. The number of rotatable bonds is 3. The van der Waals surface area contributed by atoms with E-state index in [2.05, 4.69) is 10.1 Å². The smallest absolute Gasteiger partial charge is 0.325 e. The van der Waals surface area contributed by atoms with E-state index in [1.165, 1.54) is 19.2 Å². The Bertz CT molecular complexity index is 490. The summed E-state index contributed by atoms with van der Waals surface area (Å²) in [4.78, 5) is 24.7. The molecular weight excluding hydrogens is 263 g/mol. The molecule has 2 rings (SSSR count). The lowest BCUT2D eigenvalue weighted by Crippen LogP contribution is -2.41. The third-order valence-electron chi connectivity index (χ3n) is 3.38. The van der Waals surface area contributed by atoms with Crippen LogP contribution in [0.3, 0.4) is 0 Å². The van der Waals surface area contributed by atoms with E-state index >= 15 is 0 Å². The number of amides is 2. The van der Waals surface area contributed by atoms with Crippen molar-refractivity contribution in [3.05, 3.63) is 35.6 Å². The molecule has 1 saturated heterocycles. The van der Waals surface area contributed by atoms with Crippen molar-refractivity contribution in [1.29, 1.82) is 0 Å². The van der Waals surface area contributed by atoms with Gasteiger partial charge in [0.15, 0.2) is 0 Å². The highest BCUT2D eigenvalue weighted by molar-refractivity contribution is 5.81. The third kappa shape index (κ3) is 3.26. The lowest BCUT2D eigenvalue weighted by Gasteiger charge is -2.25. The van der Waals surface area contributed by atoms with Gasteiger partial charge in [-0.25, -0.2) is 9.18 Å². The molecule has 2 amide bonds. The number of urea groups is 1. The van der Waals surface area contributed by atoms with Gasteiger partial charge in [0, 0.05) is 6.54 Å². The Kier molecular flexibility index (Phi) is 4.55. The van der Waals surface area contributed by atoms with Crippen LogP contribution in [0.5, 0.6) is 0 Å². The lowest BCUT2D eigenvalue weighted by molar-refractivity contribution is -0.139. The second kappa shape index (κ2) is 6.36. The Morgan fingerprint density at radius 2 is 2.10 bits per heavy atom. The summed E-state index contributed by atoms with van der Waals surface area (Å²) in [5.41, 5.74) is 0.900. The maximum Gasteiger partial charge on any atom is 0.325 e. The number of likely N-dealkylation sites (tertiary alicyclic amines) is 1. The van der Waals surface area contributed by atoms with Gasteiger partial charge in [0.1, 0.15) is 12.4 Å². The summed E-state index contributed by atoms with van der Waals surface area (Å²) in [5, 5.41) is 2.52. The number of hydrogen-bond donors (Lipinski definition) is 1. The molecule has 1 N–H and O–H groups in total. The first-order chi connectivity index (χ1) is 9.61. The second-order valence-corrected chi connectivity index (χ2v) is 4.64. The largest absolute Gasteiger partial charge is 0.468 e. The van der Waals surface area contributed by atoms with Crippen molar-refractivity contribution in [2.75, 3.05) is 20.2 Å². The van der Waals surface area contributed by atoms with Crippen LogP contribution in [0, 0.1) is 5.82 Å². The zero-order valence-corrected chi connectivity index (χ0v) is 11.3. The molecule has 0 aromatic heterocycles. The van der Waals surface area contributed by atoms with E-state index in [0.717, 1.165) is 18.4 Å². The van der Waals surface area contributed by atoms with Crippen molar-refractivity contribution in [2.45, 2.75) is 18.9 Å². The Labute approximate surface area is 116 Å². The molecule has 1 aliphatic heterocycles. The predicted octanol–water partition coefficient (Wildman–Crippen LogP) is 1.85. The van der Waals surface area contributed by atoms with Crippen molar-refractivity contribution in [3.63, 3.8) is 0 Å². The summed E-state index contributed by atoms with van der Waals surface area (Å²) in [6.45, 7) is 0.469. The van der Waals surface area contributed by atoms with Crippen molar-refractivity contribution in [2.24, 2.45) is 0 Å². The van der Waals surface area contributed by atoms with Crippen molar-refractivity contribution in [1.82, 2.24) is 10.2 Å². The zero-order chi connectivity index (χ0) is 14.5. The first kappa shape index (κ1) is 14.3. The quantitative estimate of drug-likeness (QED) is 0.860. The van der Waals surface area contributed by atoms with Crippen LogP contribution in [-0.4, -0.2) is 37.1 Å². The van der Waals surface area contributed by atoms with E-state index in [4.69, 9.17) is 0 Å². The number of carbonyl (C=O) groups is 2.